The lowest BCUT2D eigenvalue weighted by molar-refractivity contribution is -0.156. The molecule has 0 aromatic heterocycles. The van der Waals surface area contributed by atoms with Crippen LogP contribution < -0.4 is 10.1 Å². The van der Waals surface area contributed by atoms with Gasteiger partial charge in [-0.05, 0) is 26.0 Å². The highest BCUT2D eigenvalue weighted by molar-refractivity contribution is 5.85. The molecule has 5 nitrogen and oxygen atoms in total. The number of esters is 1. The van der Waals surface area contributed by atoms with Gasteiger partial charge in [-0.1, -0.05) is 6.07 Å². The van der Waals surface area contributed by atoms with E-state index < -0.39 is 5.54 Å². The molecule has 1 aliphatic heterocycles. The molecular formula is C16H23NO4. The van der Waals surface area contributed by atoms with Crippen molar-refractivity contribution in [2.45, 2.75) is 37.8 Å². The molecule has 1 heterocycles. The van der Waals surface area contributed by atoms with Gasteiger partial charge in [0.25, 0.3) is 0 Å². The molecule has 0 aliphatic carbocycles. The first-order chi connectivity index (χ1) is 9.91. The third-order valence-electron chi connectivity index (χ3n) is 3.78. The van der Waals surface area contributed by atoms with Gasteiger partial charge in [0, 0.05) is 24.6 Å². The van der Waals surface area contributed by atoms with Gasteiger partial charge < -0.3 is 19.5 Å². The molecule has 116 valence electrons. The first kappa shape index (κ1) is 15.6. The summed E-state index contributed by atoms with van der Waals surface area (Å²) in [6, 6.07) is 7.53. The summed E-state index contributed by atoms with van der Waals surface area (Å²) in [6.07, 6.45) is 1.12. The lowest BCUT2D eigenvalue weighted by Gasteiger charge is -2.43. The van der Waals surface area contributed by atoms with Gasteiger partial charge in [-0.25, -0.2) is 4.79 Å². The predicted molar refractivity (Wildman–Crippen MR) is 80.6 cm³/mol. The maximum Gasteiger partial charge on any atom is 0.331 e. The Balaban J connectivity index is 2.30. The van der Waals surface area contributed by atoms with Gasteiger partial charge in [-0.15, -0.1) is 0 Å². The van der Waals surface area contributed by atoms with E-state index in [1.807, 2.05) is 38.1 Å². The Morgan fingerprint density at radius 3 is 2.71 bits per heavy atom. The van der Waals surface area contributed by atoms with Crippen LogP contribution in [0.1, 0.15) is 26.7 Å². The van der Waals surface area contributed by atoms with E-state index in [-0.39, 0.29) is 11.6 Å². The number of carbonyl (C=O) groups is 1. The third kappa shape index (κ3) is 3.47. The highest BCUT2D eigenvalue weighted by Gasteiger charge is 2.47. The predicted octanol–water partition coefficient (Wildman–Crippen LogP) is 2.61. The molecule has 1 unspecified atom stereocenters. The smallest absolute Gasteiger partial charge is 0.331 e. The highest BCUT2D eigenvalue weighted by Crippen LogP contribution is 2.36. The minimum atomic E-state index is -0.775. The number of hydrogen-bond donors (Lipinski definition) is 1. The van der Waals surface area contributed by atoms with Crippen LogP contribution in [0.2, 0.25) is 0 Å². The van der Waals surface area contributed by atoms with E-state index in [4.69, 9.17) is 14.2 Å². The van der Waals surface area contributed by atoms with E-state index in [0.29, 0.717) is 19.4 Å². The standard InChI is InChI=1S/C16H23NO4/c1-15(2)11-16(8-9-21-15,14(18)20-4)17-12-6-5-7-13(10-12)19-3/h5-7,10,17H,8-9,11H2,1-4H3. The van der Waals surface area contributed by atoms with Crippen LogP contribution in [0.15, 0.2) is 24.3 Å². The Morgan fingerprint density at radius 2 is 2.10 bits per heavy atom. The van der Waals surface area contributed by atoms with Crippen molar-refractivity contribution in [3.8, 4) is 5.75 Å². The molecule has 0 bridgehead atoms. The molecule has 1 aromatic rings. The van der Waals surface area contributed by atoms with Crippen molar-refractivity contribution in [2.75, 3.05) is 26.1 Å². The van der Waals surface area contributed by atoms with Crippen LogP contribution >= 0.6 is 0 Å². The van der Waals surface area contributed by atoms with Crippen LogP contribution in [-0.4, -0.2) is 37.9 Å². The number of nitrogens with one attached hydrogen (secondary N) is 1. The van der Waals surface area contributed by atoms with Gasteiger partial charge in [0.15, 0.2) is 0 Å². The summed E-state index contributed by atoms with van der Waals surface area (Å²) in [4.78, 5) is 12.4. The zero-order chi connectivity index (χ0) is 15.5. The molecule has 0 saturated carbocycles. The molecule has 2 rings (SSSR count). The summed E-state index contributed by atoms with van der Waals surface area (Å²) >= 11 is 0. The second-order valence-electron chi connectivity index (χ2n) is 5.97. The molecule has 0 amide bonds. The van der Waals surface area contributed by atoms with Gasteiger partial charge in [0.1, 0.15) is 11.3 Å². The Kier molecular flexibility index (Phi) is 4.42. The van der Waals surface area contributed by atoms with E-state index in [1.165, 1.54) is 7.11 Å². The number of methoxy groups -OCH3 is 2. The fourth-order valence-corrected chi connectivity index (χ4v) is 2.87. The summed E-state index contributed by atoms with van der Waals surface area (Å²) in [5, 5.41) is 3.34. The van der Waals surface area contributed by atoms with Crippen molar-refractivity contribution in [3.63, 3.8) is 0 Å². The quantitative estimate of drug-likeness (QED) is 0.865. The Bertz CT molecular complexity index is 515. The summed E-state index contributed by atoms with van der Waals surface area (Å²) in [6.45, 7) is 4.48. The van der Waals surface area contributed by atoms with Gasteiger partial charge in [-0.3, -0.25) is 0 Å². The lowest BCUT2D eigenvalue weighted by atomic mass is 9.81. The van der Waals surface area contributed by atoms with E-state index in [1.54, 1.807) is 7.11 Å². The van der Waals surface area contributed by atoms with Crippen LogP contribution in [0.5, 0.6) is 5.75 Å². The molecule has 21 heavy (non-hydrogen) atoms. The Morgan fingerprint density at radius 1 is 1.33 bits per heavy atom. The minimum Gasteiger partial charge on any atom is -0.497 e. The first-order valence-electron chi connectivity index (χ1n) is 7.05. The van der Waals surface area contributed by atoms with Gasteiger partial charge in [-0.2, -0.15) is 0 Å². The second kappa shape index (κ2) is 5.93. The second-order valence-corrected chi connectivity index (χ2v) is 5.97. The van der Waals surface area contributed by atoms with Crippen LogP contribution in [0.3, 0.4) is 0 Å². The van der Waals surface area contributed by atoms with Crippen molar-refractivity contribution >= 4 is 11.7 Å². The zero-order valence-corrected chi connectivity index (χ0v) is 13.1. The molecule has 1 saturated heterocycles. The fraction of sp³-hybridized carbons (Fsp3) is 0.562. The molecule has 1 atom stereocenters. The minimum absolute atomic E-state index is 0.262. The van der Waals surface area contributed by atoms with E-state index in [0.717, 1.165) is 11.4 Å². The maximum atomic E-state index is 12.4. The number of ether oxygens (including phenoxy) is 3. The molecule has 0 spiro atoms. The number of benzene rings is 1. The Labute approximate surface area is 125 Å². The monoisotopic (exact) mass is 293 g/mol. The zero-order valence-electron chi connectivity index (χ0n) is 13.1. The van der Waals surface area contributed by atoms with Gasteiger partial charge >= 0.3 is 5.97 Å². The van der Waals surface area contributed by atoms with E-state index in [2.05, 4.69) is 5.32 Å². The fourth-order valence-electron chi connectivity index (χ4n) is 2.87. The molecule has 1 aromatic carbocycles. The molecule has 5 heteroatoms. The van der Waals surface area contributed by atoms with Crippen molar-refractivity contribution in [1.29, 1.82) is 0 Å². The van der Waals surface area contributed by atoms with Gasteiger partial charge in [0.05, 0.1) is 26.4 Å². The summed E-state index contributed by atoms with van der Waals surface area (Å²) in [7, 11) is 3.03. The van der Waals surface area contributed by atoms with Crippen molar-refractivity contribution < 1.29 is 19.0 Å². The van der Waals surface area contributed by atoms with Crippen LogP contribution in [-0.2, 0) is 14.3 Å². The average molecular weight is 293 g/mol. The largest absolute Gasteiger partial charge is 0.497 e. The normalized spacial score (nSPS) is 24.2. The van der Waals surface area contributed by atoms with Crippen LogP contribution in [0.25, 0.3) is 0 Å². The van der Waals surface area contributed by atoms with Gasteiger partial charge in [0.2, 0.25) is 0 Å². The number of carbonyl (C=O) groups excluding carboxylic acids is 1. The van der Waals surface area contributed by atoms with Crippen LogP contribution in [0.4, 0.5) is 5.69 Å². The molecule has 1 aliphatic rings. The van der Waals surface area contributed by atoms with Crippen molar-refractivity contribution in [1.82, 2.24) is 0 Å². The topological polar surface area (TPSA) is 56.8 Å². The molecule has 0 radical (unpaired) electrons. The van der Waals surface area contributed by atoms with Crippen LogP contribution in [0, 0.1) is 0 Å². The molecule has 1 N–H and O–H groups in total. The average Bonchev–Trinajstić information content (AvgIpc) is 2.45. The first-order valence-corrected chi connectivity index (χ1v) is 7.05. The third-order valence-corrected chi connectivity index (χ3v) is 3.78. The summed E-state index contributed by atoms with van der Waals surface area (Å²) < 4.78 is 16.0. The SMILES string of the molecule is COC(=O)C1(Nc2cccc(OC)c2)CCOC(C)(C)C1. The highest BCUT2D eigenvalue weighted by atomic mass is 16.5. The van der Waals surface area contributed by atoms with E-state index >= 15 is 0 Å². The number of anilines is 1. The summed E-state index contributed by atoms with van der Waals surface area (Å²) in [5.41, 5.74) is -0.321. The lowest BCUT2D eigenvalue weighted by Crippen LogP contribution is -2.56. The molecule has 1 fully saturated rings. The summed E-state index contributed by atoms with van der Waals surface area (Å²) in [5.74, 6) is 0.480. The van der Waals surface area contributed by atoms with Crippen molar-refractivity contribution in [3.05, 3.63) is 24.3 Å². The number of hydrogen-bond acceptors (Lipinski definition) is 5. The van der Waals surface area contributed by atoms with Crippen molar-refractivity contribution in [2.24, 2.45) is 0 Å². The molecular weight excluding hydrogens is 270 g/mol. The maximum absolute atomic E-state index is 12.4. The number of rotatable bonds is 4. The van der Waals surface area contributed by atoms with E-state index in [9.17, 15) is 4.79 Å². The Hall–Kier alpha value is -1.75.